The number of hydrogen-bond acceptors (Lipinski definition) is 2. The summed E-state index contributed by atoms with van der Waals surface area (Å²) in [5.41, 5.74) is 2.33. The van der Waals surface area contributed by atoms with Crippen molar-refractivity contribution in [1.29, 1.82) is 0 Å². The molecule has 0 spiro atoms. The summed E-state index contributed by atoms with van der Waals surface area (Å²) in [6, 6.07) is 20.4. The highest BCUT2D eigenvalue weighted by Gasteiger charge is 2.11. The minimum atomic E-state index is 0.532. The normalized spacial score (nSPS) is 10.6. The van der Waals surface area contributed by atoms with Crippen molar-refractivity contribution in [2.45, 2.75) is 13.5 Å². The van der Waals surface area contributed by atoms with Crippen molar-refractivity contribution in [2.24, 2.45) is 0 Å². The molecule has 0 saturated heterocycles. The summed E-state index contributed by atoms with van der Waals surface area (Å²) in [6.45, 7) is 2.63. The van der Waals surface area contributed by atoms with Gasteiger partial charge in [0.25, 0.3) is 0 Å². The van der Waals surface area contributed by atoms with E-state index >= 15 is 0 Å². The van der Waals surface area contributed by atoms with E-state index in [1.54, 1.807) is 7.11 Å². The molecule has 0 aromatic heterocycles. The van der Waals surface area contributed by atoms with Gasteiger partial charge in [-0.15, -0.1) is 0 Å². The minimum absolute atomic E-state index is 0.532. The van der Waals surface area contributed by atoms with Gasteiger partial charge < -0.3 is 9.47 Å². The smallest absolute Gasteiger partial charge is 0.169 e. The van der Waals surface area contributed by atoms with Crippen LogP contribution in [0.3, 0.4) is 0 Å². The molecule has 0 heterocycles. The molecule has 21 heavy (non-hydrogen) atoms. The first-order valence-electron chi connectivity index (χ1n) is 7.02. The maximum absolute atomic E-state index is 6.08. The first-order chi connectivity index (χ1) is 10.3. The van der Waals surface area contributed by atoms with E-state index in [9.17, 15) is 0 Å². The van der Waals surface area contributed by atoms with Crippen molar-refractivity contribution >= 4 is 10.8 Å². The maximum Gasteiger partial charge on any atom is 0.169 e. The third-order valence-electron chi connectivity index (χ3n) is 3.62. The molecule has 0 saturated carbocycles. The van der Waals surface area contributed by atoms with Gasteiger partial charge in [0.15, 0.2) is 11.5 Å². The van der Waals surface area contributed by atoms with Crippen LogP contribution in [0.25, 0.3) is 10.8 Å². The van der Waals surface area contributed by atoms with Crippen molar-refractivity contribution in [1.82, 2.24) is 0 Å². The zero-order valence-corrected chi connectivity index (χ0v) is 12.3. The van der Waals surface area contributed by atoms with E-state index in [0.717, 1.165) is 22.4 Å². The lowest BCUT2D eigenvalue weighted by Gasteiger charge is -2.15. The maximum atomic E-state index is 6.08. The largest absolute Gasteiger partial charge is 0.493 e. The van der Waals surface area contributed by atoms with Gasteiger partial charge in [0.05, 0.1) is 7.11 Å². The average Bonchev–Trinajstić information content (AvgIpc) is 2.53. The van der Waals surface area contributed by atoms with Crippen LogP contribution in [0.5, 0.6) is 11.5 Å². The monoisotopic (exact) mass is 278 g/mol. The van der Waals surface area contributed by atoms with Gasteiger partial charge in [0.2, 0.25) is 0 Å². The zero-order valence-electron chi connectivity index (χ0n) is 12.3. The van der Waals surface area contributed by atoms with Crippen molar-refractivity contribution < 1.29 is 9.47 Å². The number of ether oxygens (including phenoxy) is 2. The second-order valence-corrected chi connectivity index (χ2v) is 5.04. The molecule has 0 N–H and O–H groups in total. The standard InChI is InChI=1S/C19H18O2/c1-14-7-6-10-16-11-12-17(20-2)19(18(14)16)21-13-15-8-4-3-5-9-15/h3-12H,13H2,1-2H3. The molecule has 0 atom stereocenters. The molecule has 3 aromatic rings. The molecule has 2 nitrogen and oxygen atoms in total. The van der Waals surface area contributed by atoms with E-state index in [0.29, 0.717) is 6.61 Å². The first kappa shape index (κ1) is 13.5. The van der Waals surface area contributed by atoms with Gasteiger partial charge >= 0.3 is 0 Å². The van der Waals surface area contributed by atoms with Gasteiger partial charge in [-0.2, -0.15) is 0 Å². The lowest BCUT2D eigenvalue weighted by atomic mass is 10.0. The third kappa shape index (κ3) is 2.70. The van der Waals surface area contributed by atoms with Crippen molar-refractivity contribution in [3.63, 3.8) is 0 Å². The van der Waals surface area contributed by atoms with Crippen LogP contribution < -0.4 is 9.47 Å². The van der Waals surface area contributed by atoms with Gasteiger partial charge in [0.1, 0.15) is 6.61 Å². The fourth-order valence-electron chi connectivity index (χ4n) is 2.54. The SMILES string of the molecule is COc1ccc2cccc(C)c2c1OCc1ccccc1. The molecule has 106 valence electrons. The molecule has 3 aromatic carbocycles. The fourth-order valence-corrected chi connectivity index (χ4v) is 2.54. The second kappa shape index (κ2) is 5.88. The van der Waals surface area contributed by atoms with E-state index in [2.05, 4.69) is 43.3 Å². The lowest BCUT2D eigenvalue weighted by Crippen LogP contribution is -1.99. The Labute approximate surface area is 124 Å². The molecular formula is C19H18O2. The fraction of sp³-hybridized carbons (Fsp3) is 0.158. The average molecular weight is 278 g/mol. The Morgan fingerprint density at radius 2 is 1.67 bits per heavy atom. The molecule has 0 aliphatic carbocycles. The van der Waals surface area contributed by atoms with Crippen LogP contribution in [-0.2, 0) is 6.61 Å². The van der Waals surface area contributed by atoms with E-state index in [4.69, 9.17) is 9.47 Å². The van der Waals surface area contributed by atoms with E-state index in [-0.39, 0.29) is 0 Å². The number of rotatable bonds is 4. The van der Waals surface area contributed by atoms with Crippen LogP contribution in [0.4, 0.5) is 0 Å². The molecule has 3 rings (SSSR count). The Bertz CT molecular complexity index is 748. The summed E-state index contributed by atoms with van der Waals surface area (Å²) >= 11 is 0. The highest BCUT2D eigenvalue weighted by atomic mass is 16.5. The Kier molecular flexibility index (Phi) is 3.78. The van der Waals surface area contributed by atoms with Gasteiger partial charge in [-0.1, -0.05) is 54.6 Å². The van der Waals surface area contributed by atoms with Crippen molar-refractivity contribution in [3.8, 4) is 11.5 Å². The summed E-state index contributed by atoms with van der Waals surface area (Å²) in [5.74, 6) is 1.59. The number of aryl methyl sites for hydroxylation is 1. The van der Waals surface area contributed by atoms with Crippen LogP contribution in [0.15, 0.2) is 60.7 Å². The number of benzene rings is 3. The van der Waals surface area contributed by atoms with Gasteiger partial charge in [0, 0.05) is 5.39 Å². The molecule has 0 unspecified atom stereocenters. The summed E-state index contributed by atoms with van der Waals surface area (Å²) in [7, 11) is 1.68. The van der Waals surface area contributed by atoms with Crippen molar-refractivity contribution in [3.05, 3.63) is 71.8 Å². The highest BCUT2D eigenvalue weighted by molar-refractivity contribution is 5.93. The predicted octanol–water partition coefficient (Wildman–Crippen LogP) is 4.74. The summed E-state index contributed by atoms with van der Waals surface area (Å²) in [6.07, 6.45) is 0. The molecule has 0 aliphatic heterocycles. The van der Waals surface area contributed by atoms with Crippen LogP contribution in [0, 0.1) is 6.92 Å². The molecule has 0 radical (unpaired) electrons. The van der Waals surface area contributed by atoms with Crippen LogP contribution in [0.2, 0.25) is 0 Å². The quantitative estimate of drug-likeness (QED) is 0.686. The summed E-state index contributed by atoms with van der Waals surface area (Å²) in [5, 5.41) is 2.28. The van der Waals surface area contributed by atoms with E-state index in [1.165, 1.54) is 10.9 Å². The zero-order chi connectivity index (χ0) is 14.7. The highest BCUT2D eigenvalue weighted by Crippen LogP contribution is 2.37. The first-order valence-corrected chi connectivity index (χ1v) is 7.02. The molecule has 0 aliphatic rings. The molecule has 0 fully saturated rings. The number of methoxy groups -OCH3 is 1. The van der Waals surface area contributed by atoms with E-state index < -0.39 is 0 Å². The summed E-state index contributed by atoms with van der Waals surface area (Å²) in [4.78, 5) is 0. The Hall–Kier alpha value is -2.48. The third-order valence-corrected chi connectivity index (χ3v) is 3.62. The molecule has 2 heteroatoms. The Morgan fingerprint density at radius 1 is 0.857 bits per heavy atom. The predicted molar refractivity (Wildman–Crippen MR) is 86.0 cm³/mol. The molecular weight excluding hydrogens is 260 g/mol. The van der Waals surface area contributed by atoms with Crippen molar-refractivity contribution in [2.75, 3.05) is 7.11 Å². The minimum Gasteiger partial charge on any atom is -0.493 e. The Balaban J connectivity index is 2.03. The van der Waals surface area contributed by atoms with Gasteiger partial charge in [-0.05, 0) is 29.5 Å². The molecule has 0 amide bonds. The topological polar surface area (TPSA) is 18.5 Å². The summed E-state index contributed by atoms with van der Waals surface area (Å²) < 4.78 is 11.6. The number of fused-ring (bicyclic) bond motifs is 1. The second-order valence-electron chi connectivity index (χ2n) is 5.04. The van der Waals surface area contributed by atoms with Crippen LogP contribution in [0.1, 0.15) is 11.1 Å². The lowest BCUT2D eigenvalue weighted by molar-refractivity contribution is 0.288. The van der Waals surface area contributed by atoms with Crippen LogP contribution >= 0.6 is 0 Å². The van der Waals surface area contributed by atoms with Gasteiger partial charge in [-0.3, -0.25) is 0 Å². The van der Waals surface area contributed by atoms with E-state index in [1.807, 2.05) is 24.3 Å². The number of hydrogen-bond donors (Lipinski definition) is 0. The molecule has 0 bridgehead atoms. The van der Waals surface area contributed by atoms with Gasteiger partial charge in [-0.25, -0.2) is 0 Å². The Morgan fingerprint density at radius 3 is 2.43 bits per heavy atom. The van der Waals surface area contributed by atoms with Crippen LogP contribution in [-0.4, -0.2) is 7.11 Å².